The second-order valence-electron chi connectivity index (χ2n) is 9.24. The SMILES string of the molecule is CCCOC(C)(CC(C)C)C(=O)Nc1ccc(OCCCN2CCCCC2C)cc1. The molecule has 2 rings (SSSR count). The Hall–Kier alpha value is -1.59. The first kappa shape index (κ1) is 24.7. The number of piperidine rings is 1. The molecule has 1 aromatic rings. The molecule has 2 atom stereocenters. The minimum absolute atomic E-state index is 0.0889. The molecule has 170 valence electrons. The van der Waals surface area contributed by atoms with E-state index in [1.165, 1.54) is 25.8 Å². The summed E-state index contributed by atoms with van der Waals surface area (Å²) in [6.07, 6.45) is 6.61. The van der Waals surface area contributed by atoms with Crippen LogP contribution in [0.25, 0.3) is 0 Å². The molecule has 2 unspecified atom stereocenters. The molecule has 0 saturated carbocycles. The van der Waals surface area contributed by atoms with Gasteiger partial charge in [-0.3, -0.25) is 4.79 Å². The summed E-state index contributed by atoms with van der Waals surface area (Å²) in [5.41, 5.74) is -0.0464. The fraction of sp³-hybridized carbons (Fsp3) is 0.720. The number of hydrogen-bond acceptors (Lipinski definition) is 4. The number of likely N-dealkylation sites (tertiary alicyclic amines) is 1. The predicted molar refractivity (Wildman–Crippen MR) is 124 cm³/mol. The Kier molecular flexibility index (Phi) is 10.1. The van der Waals surface area contributed by atoms with E-state index in [-0.39, 0.29) is 5.91 Å². The summed E-state index contributed by atoms with van der Waals surface area (Å²) in [7, 11) is 0. The molecule has 1 fully saturated rings. The zero-order valence-corrected chi connectivity index (χ0v) is 19.7. The van der Waals surface area contributed by atoms with Gasteiger partial charge in [-0.1, -0.05) is 27.2 Å². The van der Waals surface area contributed by atoms with Gasteiger partial charge in [-0.05, 0) is 82.7 Å². The third-order valence-electron chi connectivity index (χ3n) is 5.81. The average molecular weight is 419 g/mol. The summed E-state index contributed by atoms with van der Waals surface area (Å²) >= 11 is 0. The van der Waals surface area contributed by atoms with Gasteiger partial charge in [-0.2, -0.15) is 0 Å². The van der Waals surface area contributed by atoms with Gasteiger partial charge < -0.3 is 19.7 Å². The summed E-state index contributed by atoms with van der Waals surface area (Å²) in [6.45, 7) is 14.1. The third-order valence-corrected chi connectivity index (χ3v) is 5.81. The molecule has 5 heteroatoms. The average Bonchev–Trinajstić information content (AvgIpc) is 2.71. The third kappa shape index (κ3) is 7.92. The zero-order chi connectivity index (χ0) is 22.0. The van der Waals surface area contributed by atoms with Crippen molar-refractivity contribution in [3.63, 3.8) is 0 Å². The molecule has 1 heterocycles. The number of ether oxygens (including phenoxy) is 2. The first-order valence-electron chi connectivity index (χ1n) is 11.8. The first-order chi connectivity index (χ1) is 14.3. The lowest BCUT2D eigenvalue weighted by molar-refractivity contribution is -0.141. The van der Waals surface area contributed by atoms with Crippen LogP contribution in [0, 0.1) is 5.92 Å². The van der Waals surface area contributed by atoms with Gasteiger partial charge in [0.2, 0.25) is 0 Å². The van der Waals surface area contributed by atoms with Crippen molar-refractivity contribution in [2.45, 2.75) is 84.8 Å². The molecule has 0 spiro atoms. The molecule has 0 radical (unpaired) electrons. The predicted octanol–water partition coefficient (Wildman–Crippen LogP) is 5.50. The van der Waals surface area contributed by atoms with Crippen LogP contribution in [-0.2, 0) is 9.53 Å². The van der Waals surface area contributed by atoms with Crippen molar-refractivity contribution >= 4 is 11.6 Å². The smallest absolute Gasteiger partial charge is 0.256 e. The quantitative estimate of drug-likeness (QED) is 0.455. The van der Waals surface area contributed by atoms with E-state index in [0.29, 0.717) is 31.6 Å². The van der Waals surface area contributed by atoms with Crippen LogP contribution in [0.15, 0.2) is 24.3 Å². The van der Waals surface area contributed by atoms with Crippen LogP contribution in [0.4, 0.5) is 5.69 Å². The van der Waals surface area contributed by atoms with Gasteiger partial charge in [0.05, 0.1) is 6.61 Å². The van der Waals surface area contributed by atoms with Crippen LogP contribution >= 0.6 is 0 Å². The van der Waals surface area contributed by atoms with Crippen molar-refractivity contribution < 1.29 is 14.3 Å². The Labute approximate surface area is 183 Å². The number of benzene rings is 1. The molecule has 1 N–H and O–H groups in total. The normalized spacial score (nSPS) is 19.5. The molecule has 5 nitrogen and oxygen atoms in total. The number of anilines is 1. The zero-order valence-electron chi connectivity index (χ0n) is 19.7. The highest BCUT2D eigenvalue weighted by atomic mass is 16.5. The Morgan fingerprint density at radius 3 is 2.60 bits per heavy atom. The molecule has 0 aliphatic carbocycles. The van der Waals surface area contributed by atoms with Crippen molar-refractivity contribution in [3.8, 4) is 5.75 Å². The Balaban J connectivity index is 1.80. The Morgan fingerprint density at radius 1 is 1.23 bits per heavy atom. The molecule has 30 heavy (non-hydrogen) atoms. The van der Waals surface area contributed by atoms with Gasteiger partial charge in [0.15, 0.2) is 0 Å². The molecule has 0 aromatic heterocycles. The second kappa shape index (κ2) is 12.3. The summed E-state index contributed by atoms with van der Waals surface area (Å²) in [6, 6.07) is 8.34. The summed E-state index contributed by atoms with van der Waals surface area (Å²) < 4.78 is 11.8. The minimum Gasteiger partial charge on any atom is -0.494 e. The van der Waals surface area contributed by atoms with E-state index >= 15 is 0 Å². The van der Waals surface area contributed by atoms with Crippen LogP contribution in [0.2, 0.25) is 0 Å². The number of nitrogens with one attached hydrogen (secondary N) is 1. The van der Waals surface area contributed by atoms with Gasteiger partial charge in [0.1, 0.15) is 11.4 Å². The van der Waals surface area contributed by atoms with Gasteiger partial charge >= 0.3 is 0 Å². The van der Waals surface area contributed by atoms with E-state index in [0.717, 1.165) is 30.8 Å². The topological polar surface area (TPSA) is 50.8 Å². The molecule has 1 amide bonds. The molecule has 1 saturated heterocycles. The van der Waals surface area contributed by atoms with Crippen molar-refractivity contribution in [3.05, 3.63) is 24.3 Å². The van der Waals surface area contributed by atoms with E-state index in [1.807, 2.05) is 31.2 Å². The van der Waals surface area contributed by atoms with E-state index in [4.69, 9.17) is 9.47 Å². The minimum atomic E-state index is -0.815. The molecular weight excluding hydrogens is 376 g/mol. The summed E-state index contributed by atoms with van der Waals surface area (Å²) in [4.78, 5) is 15.4. The molecule has 0 bridgehead atoms. The lowest BCUT2D eigenvalue weighted by Gasteiger charge is -2.33. The monoisotopic (exact) mass is 418 g/mol. The second-order valence-corrected chi connectivity index (χ2v) is 9.24. The van der Waals surface area contributed by atoms with Crippen LogP contribution in [0.1, 0.15) is 73.1 Å². The van der Waals surface area contributed by atoms with Crippen molar-refractivity contribution in [2.75, 3.05) is 31.6 Å². The molecule has 1 aliphatic heterocycles. The van der Waals surface area contributed by atoms with Gasteiger partial charge in [-0.15, -0.1) is 0 Å². The number of carbonyl (C=O) groups excluding carboxylic acids is 1. The lowest BCUT2D eigenvalue weighted by Crippen LogP contribution is -2.44. The van der Waals surface area contributed by atoms with E-state index in [2.05, 4.69) is 37.9 Å². The number of nitrogens with zero attached hydrogens (tertiary/aromatic N) is 1. The van der Waals surface area contributed by atoms with Gasteiger partial charge in [0, 0.05) is 24.9 Å². The maximum atomic E-state index is 12.9. The fourth-order valence-corrected chi connectivity index (χ4v) is 4.17. The van der Waals surface area contributed by atoms with E-state index in [1.54, 1.807) is 0 Å². The lowest BCUT2D eigenvalue weighted by atomic mass is 9.93. The molecule has 1 aliphatic rings. The van der Waals surface area contributed by atoms with Crippen molar-refractivity contribution in [1.82, 2.24) is 4.90 Å². The number of amides is 1. The largest absolute Gasteiger partial charge is 0.494 e. The summed E-state index contributed by atoms with van der Waals surface area (Å²) in [5, 5.41) is 3.01. The standard InChI is InChI=1S/C25H42N2O3/c1-6-17-30-25(5,19-20(2)3)24(28)26-22-11-13-23(14-12-22)29-18-9-16-27-15-8-7-10-21(27)4/h11-14,20-21H,6-10,15-19H2,1-5H3,(H,26,28). The highest BCUT2D eigenvalue weighted by Crippen LogP contribution is 2.25. The number of carbonyl (C=O) groups is 1. The van der Waals surface area contributed by atoms with Crippen molar-refractivity contribution in [2.24, 2.45) is 5.92 Å². The van der Waals surface area contributed by atoms with Crippen LogP contribution in [0.5, 0.6) is 5.75 Å². The molecular formula is C25H42N2O3. The fourth-order valence-electron chi connectivity index (χ4n) is 4.17. The van der Waals surface area contributed by atoms with Gasteiger partial charge in [-0.25, -0.2) is 0 Å². The molecule has 1 aromatic carbocycles. The maximum absolute atomic E-state index is 12.9. The van der Waals surface area contributed by atoms with Gasteiger partial charge in [0.25, 0.3) is 5.91 Å². The maximum Gasteiger partial charge on any atom is 0.256 e. The van der Waals surface area contributed by atoms with Crippen molar-refractivity contribution in [1.29, 1.82) is 0 Å². The van der Waals surface area contributed by atoms with Crippen LogP contribution in [-0.4, -0.2) is 48.8 Å². The van der Waals surface area contributed by atoms with Crippen LogP contribution < -0.4 is 10.1 Å². The Bertz CT molecular complexity index is 632. The first-order valence-corrected chi connectivity index (χ1v) is 11.8. The Morgan fingerprint density at radius 2 is 1.97 bits per heavy atom. The van der Waals surface area contributed by atoms with E-state index in [9.17, 15) is 4.79 Å². The highest BCUT2D eigenvalue weighted by molar-refractivity contribution is 5.97. The number of hydrogen-bond donors (Lipinski definition) is 1. The van der Waals surface area contributed by atoms with Crippen LogP contribution in [0.3, 0.4) is 0 Å². The summed E-state index contributed by atoms with van der Waals surface area (Å²) in [5.74, 6) is 1.13. The number of rotatable bonds is 12. The van der Waals surface area contributed by atoms with E-state index < -0.39 is 5.60 Å². The highest BCUT2D eigenvalue weighted by Gasteiger charge is 2.34.